The fraction of sp³-hybridized carbons (Fsp3) is 0.364. The quantitative estimate of drug-likeness (QED) is 0.782. The number of aromatic hydroxyl groups is 1. The fourth-order valence-corrected chi connectivity index (χ4v) is 2.46. The molecule has 2 rings (SSSR count). The zero-order chi connectivity index (χ0) is 12.6. The van der Waals surface area contributed by atoms with Crippen molar-refractivity contribution in [2.75, 3.05) is 6.54 Å². The van der Waals surface area contributed by atoms with E-state index in [2.05, 4.69) is 21.2 Å². The molecule has 6 heteroatoms. The van der Waals surface area contributed by atoms with Crippen LogP contribution >= 0.6 is 15.9 Å². The standard InChI is InChI=1S/C11H11BrFNO3/c12-6-2-7(10(15)8(13)3-6)9-1-5(4-14-9)11(16)17/h2-3,5,9,14-15H,1,4H2,(H,16,17). The molecule has 17 heavy (non-hydrogen) atoms. The minimum Gasteiger partial charge on any atom is -0.505 e. The van der Waals surface area contributed by atoms with Crippen molar-refractivity contribution in [3.8, 4) is 5.75 Å². The third-order valence-electron chi connectivity index (χ3n) is 2.91. The average Bonchev–Trinajstić information content (AvgIpc) is 2.72. The van der Waals surface area contributed by atoms with Crippen molar-refractivity contribution in [2.45, 2.75) is 12.5 Å². The van der Waals surface area contributed by atoms with Gasteiger partial charge in [-0.1, -0.05) is 15.9 Å². The Hall–Kier alpha value is -1.14. The maximum Gasteiger partial charge on any atom is 0.307 e. The summed E-state index contributed by atoms with van der Waals surface area (Å²) in [5.74, 6) is -2.51. The van der Waals surface area contributed by atoms with E-state index < -0.39 is 23.5 Å². The summed E-state index contributed by atoms with van der Waals surface area (Å²) in [5, 5.41) is 21.5. The van der Waals surface area contributed by atoms with Crippen LogP contribution in [0.15, 0.2) is 16.6 Å². The molecule has 1 aromatic rings. The fourth-order valence-electron chi connectivity index (χ4n) is 2.01. The molecule has 3 N–H and O–H groups in total. The van der Waals surface area contributed by atoms with Crippen LogP contribution in [-0.2, 0) is 4.79 Å². The maximum absolute atomic E-state index is 13.3. The molecule has 2 atom stereocenters. The Kier molecular flexibility index (Phi) is 3.35. The van der Waals surface area contributed by atoms with Gasteiger partial charge in [0.15, 0.2) is 11.6 Å². The van der Waals surface area contributed by atoms with Crippen molar-refractivity contribution in [2.24, 2.45) is 5.92 Å². The van der Waals surface area contributed by atoms with Gasteiger partial charge in [-0.05, 0) is 18.6 Å². The molecule has 1 fully saturated rings. The molecule has 0 aromatic heterocycles. The predicted octanol–water partition coefficient (Wildman–Crippen LogP) is 2.03. The number of carbonyl (C=O) groups is 1. The first kappa shape index (κ1) is 12.3. The summed E-state index contributed by atoms with van der Waals surface area (Å²) >= 11 is 3.14. The number of carboxylic acids is 1. The number of carboxylic acid groups (broad SMARTS) is 1. The third-order valence-corrected chi connectivity index (χ3v) is 3.37. The van der Waals surface area contributed by atoms with E-state index in [9.17, 15) is 14.3 Å². The third kappa shape index (κ3) is 2.42. The van der Waals surface area contributed by atoms with Gasteiger partial charge in [-0.15, -0.1) is 0 Å². The van der Waals surface area contributed by atoms with Gasteiger partial charge < -0.3 is 15.5 Å². The van der Waals surface area contributed by atoms with Crippen molar-refractivity contribution < 1.29 is 19.4 Å². The Morgan fingerprint density at radius 3 is 2.82 bits per heavy atom. The Balaban J connectivity index is 2.27. The topological polar surface area (TPSA) is 69.6 Å². The number of rotatable bonds is 2. The van der Waals surface area contributed by atoms with Crippen LogP contribution in [0.3, 0.4) is 0 Å². The number of halogens is 2. The van der Waals surface area contributed by atoms with Crippen LogP contribution in [0.5, 0.6) is 5.75 Å². The highest BCUT2D eigenvalue weighted by Crippen LogP contribution is 2.36. The lowest BCUT2D eigenvalue weighted by atomic mass is 9.99. The largest absolute Gasteiger partial charge is 0.505 e. The maximum atomic E-state index is 13.3. The predicted molar refractivity (Wildman–Crippen MR) is 62.3 cm³/mol. The Morgan fingerprint density at radius 1 is 1.53 bits per heavy atom. The van der Waals surface area contributed by atoms with Crippen molar-refractivity contribution in [1.29, 1.82) is 0 Å². The average molecular weight is 304 g/mol. The van der Waals surface area contributed by atoms with E-state index in [-0.39, 0.29) is 6.04 Å². The summed E-state index contributed by atoms with van der Waals surface area (Å²) in [6.07, 6.45) is 0.346. The minimum atomic E-state index is -0.880. The van der Waals surface area contributed by atoms with Gasteiger partial charge >= 0.3 is 5.97 Å². The molecule has 0 aliphatic carbocycles. The van der Waals surface area contributed by atoms with Crippen LogP contribution in [0.2, 0.25) is 0 Å². The van der Waals surface area contributed by atoms with Crippen LogP contribution in [0.1, 0.15) is 18.0 Å². The zero-order valence-corrected chi connectivity index (χ0v) is 10.4. The van der Waals surface area contributed by atoms with Gasteiger partial charge in [-0.3, -0.25) is 4.79 Å². The number of benzene rings is 1. The van der Waals surface area contributed by atoms with Crippen LogP contribution in [0, 0.1) is 11.7 Å². The first-order chi connectivity index (χ1) is 7.99. The van der Waals surface area contributed by atoms with E-state index >= 15 is 0 Å². The molecule has 1 heterocycles. The highest BCUT2D eigenvalue weighted by atomic mass is 79.9. The van der Waals surface area contributed by atoms with Crippen LogP contribution in [0.25, 0.3) is 0 Å². The van der Waals surface area contributed by atoms with Crippen molar-refractivity contribution in [1.82, 2.24) is 5.32 Å². The minimum absolute atomic E-state index is 0.327. The molecule has 1 aliphatic heterocycles. The van der Waals surface area contributed by atoms with E-state index in [0.717, 1.165) is 0 Å². The number of hydrogen-bond acceptors (Lipinski definition) is 3. The van der Waals surface area contributed by atoms with Gasteiger partial charge in [0, 0.05) is 22.6 Å². The summed E-state index contributed by atoms with van der Waals surface area (Å²) < 4.78 is 13.8. The second kappa shape index (κ2) is 4.62. The summed E-state index contributed by atoms with van der Waals surface area (Å²) in [5.41, 5.74) is 0.389. The molecule has 0 spiro atoms. The molecule has 0 saturated carbocycles. The van der Waals surface area contributed by atoms with Crippen molar-refractivity contribution in [3.63, 3.8) is 0 Å². The zero-order valence-electron chi connectivity index (χ0n) is 8.78. The first-order valence-electron chi connectivity index (χ1n) is 5.13. The van der Waals surface area contributed by atoms with E-state index in [1.165, 1.54) is 6.07 Å². The summed E-state index contributed by atoms with van der Waals surface area (Å²) in [6, 6.07) is 2.44. The highest BCUT2D eigenvalue weighted by molar-refractivity contribution is 9.10. The lowest BCUT2D eigenvalue weighted by molar-refractivity contribution is -0.141. The molecule has 1 aliphatic rings. The molecule has 1 saturated heterocycles. The van der Waals surface area contributed by atoms with E-state index in [0.29, 0.717) is 23.0 Å². The van der Waals surface area contributed by atoms with Crippen LogP contribution < -0.4 is 5.32 Å². The van der Waals surface area contributed by atoms with Crippen LogP contribution in [-0.4, -0.2) is 22.7 Å². The Bertz CT molecular complexity index is 466. The number of nitrogens with one attached hydrogen (secondary N) is 1. The smallest absolute Gasteiger partial charge is 0.307 e. The molecule has 92 valence electrons. The second-order valence-corrected chi connectivity index (χ2v) is 4.97. The Morgan fingerprint density at radius 2 is 2.24 bits per heavy atom. The summed E-state index contributed by atoms with van der Waals surface area (Å²) in [6.45, 7) is 0.327. The molecule has 0 radical (unpaired) electrons. The van der Waals surface area contributed by atoms with Crippen molar-refractivity contribution >= 4 is 21.9 Å². The molecular formula is C11H11BrFNO3. The SMILES string of the molecule is O=C(O)C1CNC(c2cc(Br)cc(F)c2O)C1. The lowest BCUT2D eigenvalue weighted by Gasteiger charge is -2.13. The van der Waals surface area contributed by atoms with Gasteiger partial charge in [0.2, 0.25) is 0 Å². The number of phenolic OH excluding ortho intramolecular Hbond substituents is 1. The molecule has 2 unspecified atom stereocenters. The van der Waals surface area contributed by atoms with Crippen LogP contribution in [0.4, 0.5) is 4.39 Å². The van der Waals surface area contributed by atoms with E-state index in [4.69, 9.17) is 5.11 Å². The highest BCUT2D eigenvalue weighted by Gasteiger charge is 2.32. The first-order valence-corrected chi connectivity index (χ1v) is 5.92. The molecule has 0 amide bonds. The molecule has 0 bridgehead atoms. The number of aliphatic carboxylic acids is 1. The van der Waals surface area contributed by atoms with Gasteiger partial charge in [0.1, 0.15) is 0 Å². The molecular weight excluding hydrogens is 293 g/mol. The van der Waals surface area contributed by atoms with Gasteiger partial charge in [-0.2, -0.15) is 0 Å². The van der Waals surface area contributed by atoms with Gasteiger partial charge in [0.05, 0.1) is 5.92 Å². The molecule has 4 nitrogen and oxygen atoms in total. The second-order valence-electron chi connectivity index (χ2n) is 4.06. The van der Waals surface area contributed by atoms with Gasteiger partial charge in [-0.25, -0.2) is 4.39 Å². The van der Waals surface area contributed by atoms with Crippen molar-refractivity contribution in [3.05, 3.63) is 28.0 Å². The monoisotopic (exact) mass is 303 g/mol. The number of phenols is 1. The molecule has 1 aromatic carbocycles. The summed E-state index contributed by atoms with van der Waals surface area (Å²) in [7, 11) is 0. The van der Waals surface area contributed by atoms with Gasteiger partial charge in [0.25, 0.3) is 0 Å². The summed E-state index contributed by atoms with van der Waals surface area (Å²) in [4.78, 5) is 10.8. The normalized spacial score (nSPS) is 23.9. The Labute approximate surface area is 106 Å². The number of hydrogen-bond donors (Lipinski definition) is 3. The van der Waals surface area contributed by atoms with E-state index in [1.54, 1.807) is 6.07 Å². The lowest BCUT2D eigenvalue weighted by Crippen LogP contribution is -2.17. The van der Waals surface area contributed by atoms with E-state index in [1.807, 2.05) is 0 Å².